The van der Waals surface area contributed by atoms with E-state index in [0.29, 0.717) is 12.3 Å². The van der Waals surface area contributed by atoms with Gasteiger partial charge in [-0.1, -0.05) is 24.9 Å². The van der Waals surface area contributed by atoms with E-state index in [1.807, 2.05) is 6.92 Å². The van der Waals surface area contributed by atoms with Crippen LogP contribution < -0.4 is 15.0 Å². The predicted molar refractivity (Wildman–Crippen MR) is 145 cm³/mol. The van der Waals surface area contributed by atoms with Crippen molar-refractivity contribution < 1.29 is 33.6 Å². The van der Waals surface area contributed by atoms with Gasteiger partial charge >= 0.3 is 11.9 Å². The first kappa shape index (κ1) is 28.0. The molecular weight excluding hydrogens is 542 g/mol. The van der Waals surface area contributed by atoms with Crippen molar-refractivity contribution in [3.8, 4) is 5.75 Å². The molecule has 1 N–H and O–H groups in total. The summed E-state index contributed by atoms with van der Waals surface area (Å²) in [5.41, 5.74) is 0.751. The van der Waals surface area contributed by atoms with Gasteiger partial charge in [-0.25, -0.2) is 14.5 Å². The van der Waals surface area contributed by atoms with Crippen LogP contribution in [0.1, 0.15) is 40.5 Å². The van der Waals surface area contributed by atoms with Gasteiger partial charge in [-0.2, -0.15) is 0 Å². The topological polar surface area (TPSA) is 145 Å². The normalized spacial score (nSPS) is 12.9. The van der Waals surface area contributed by atoms with Gasteiger partial charge in [0.25, 0.3) is 17.5 Å². The van der Waals surface area contributed by atoms with Crippen LogP contribution in [-0.4, -0.2) is 35.3 Å². The van der Waals surface area contributed by atoms with E-state index in [1.54, 1.807) is 0 Å². The van der Waals surface area contributed by atoms with Gasteiger partial charge in [-0.05, 0) is 67.1 Å². The Morgan fingerprint density at radius 1 is 0.900 bits per heavy atom. The Morgan fingerprint density at radius 3 is 2.10 bits per heavy atom. The fourth-order valence-electron chi connectivity index (χ4n) is 3.62. The minimum absolute atomic E-state index is 0.131. The molecule has 1 aliphatic rings. The Bertz CT molecular complexity index is 1500. The Kier molecular flexibility index (Phi) is 8.55. The smallest absolute Gasteiger partial charge is 0.343 e. The van der Waals surface area contributed by atoms with Crippen LogP contribution in [0.5, 0.6) is 5.75 Å². The largest absolute Gasteiger partial charge is 0.462 e. The van der Waals surface area contributed by atoms with Crippen molar-refractivity contribution in [1.29, 1.82) is 0 Å². The van der Waals surface area contributed by atoms with Crippen LogP contribution in [0, 0.1) is 10.1 Å². The number of amides is 2. The summed E-state index contributed by atoms with van der Waals surface area (Å²) in [4.78, 5) is 61.4. The number of nitrogens with one attached hydrogen (secondary N) is 1. The minimum Gasteiger partial charge on any atom is -0.462 e. The first-order valence-electron chi connectivity index (χ1n) is 12.1. The second kappa shape index (κ2) is 12.2. The fraction of sp³-hybridized carbons (Fsp3) is 0.143. The molecule has 0 aliphatic carbocycles. The number of benzene rings is 3. The summed E-state index contributed by atoms with van der Waals surface area (Å²) in [6.45, 7) is 2.28. The summed E-state index contributed by atoms with van der Waals surface area (Å²) in [7, 11) is 0. The van der Waals surface area contributed by atoms with Crippen molar-refractivity contribution in [2.45, 2.75) is 19.8 Å². The van der Waals surface area contributed by atoms with E-state index in [2.05, 4.69) is 5.32 Å². The summed E-state index contributed by atoms with van der Waals surface area (Å²) in [6, 6.07) is 16.7. The monoisotopic (exact) mass is 563 g/mol. The summed E-state index contributed by atoms with van der Waals surface area (Å²) in [6.07, 6.45) is 1.63. The van der Waals surface area contributed by atoms with Crippen molar-refractivity contribution in [3.05, 3.63) is 105 Å². The SMILES string of the molecule is CCCCOC(=O)c1ccc(N2C(=O)C(Cl)=C(Nc3ccc(C(=O)Oc4ccc([N+](=O)[O-])cc4)cc3)C2=O)cc1. The lowest BCUT2D eigenvalue weighted by Gasteiger charge is -2.15. The van der Waals surface area contributed by atoms with Crippen LogP contribution in [0.15, 0.2) is 83.5 Å². The van der Waals surface area contributed by atoms with E-state index < -0.39 is 28.7 Å². The van der Waals surface area contributed by atoms with Gasteiger partial charge in [-0.15, -0.1) is 0 Å². The quantitative estimate of drug-likeness (QED) is 0.0877. The number of hydrogen-bond donors (Lipinski definition) is 1. The number of esters is 2. The van der Waals surface area contributed by atoms with Crippen molar-refractivity contribution in [2.75, 3.05) is 16.8 Å². The lowest BCUT2D eigenvalue weighted by molar-refractivity contribution is -0.384. The number of halogens is 1. The standard InChI is InChI=1S/C28H22ClN3O8/c1-2-3-16-39-27(35)17-6-10-20(11-7-17)31-25(33)23(29)24(26(31)34)30-19-8-4-18(5-9-19)28(36)40-22-14-12-21(13-15-22)32(37)38/h4-15,30H,2-3,16H2,1H3. The third kappa shape index (κ3) is 6.16. The van der Waals surface area contributed by atoms with Crippen molar-refractivity contribution in [1.82, 2.24) is 0 Å². The molecule has 0 fully saturated rings. The first-order chi connectivity index (χ1) is 19.2. The maximum absolute atomic E-state index is 13.1. The molecule has 40 heavy (non-hydrogen) atoms. The van der Waals surface area contributed by atoms with E-state index in [-0.39, 0.29) is 39.0 Å². The molecule has 0 spiro atoms. The first-order valence-corrected chi connectivity index (χ1v) is 12.5. The van der Waals surface area contributed by atoms with Crippen molar-refractivity contribution >= 4 is 52.4 Å². The highest BCUT2D eigenvalue weighted by Gasteiger charge is 2.39. The second-order valence-electron chi connectivity index (χ2n) is 8.51. The maximum Gasteiger partial charge on any atom is 0.343 e. The maximum atomic E-state index is 13.1. The van der Waals surface area contributed by atoms with Gasteiger partial charge in [0, 0.05) is 17.8 Å². The lowest BCUT2D eigenvalue weighted by Crippen LogP contribution is -2.32. The van der Waals surface area contributed by atoms with Gasteiger partial charge in [0.2, 0.25) is 0 Å². The van der Waals surface area contributed by atoms with Crippen LogP contribution >= 0.6 is 11.6 Å². The zero-order chi connectivity index (χ0) is 28.8. The Hall–Kier alpha value is -5.03. The van der Waals surface area contributed by atoms with Gasteiger partial charge in [0.15, 0.2) is 0 Å². The van der Waals surface area contributed by atoms with Crippen LogP contribution in [0.2, 0.25) is 0 Å². The fourth-order valence-corrected chi connectivity index (χ4v) is 3.83. The van der Waals surface area contributed by atoms with Gasteiger partial charge in [-0.3, -0.25) is 19.7 Å². The Morgan fingerprint density at radius 2 is 1.50 bits per heavy atom. The molecule has 4 rings (SSSR count). The number of anilines is 2. The van der Waals surface area contributed by atoms with Crippen LogP contribution in [0.25, 0.3) is 0 Å². The van der Waals surface area contributed by atoms with Crippen molar-refractivity contribution in [2.24, 2.45) is 0 Å². The molecule has 0 aromatic heterocycles. The minimum atomic E-state index is -0.740. The number of unbranched alkanes of at least 4 members (excludes halogenated alkanes) is 1. The molecule has 1 aliphatic heterocycles. The van der Waals surface area contributed by atoms with Crippen LogP contribution in [-0.2, 0) is 14.3 Å². The predicted octanol–water partition coefficient (Wildman–Crippen LogP) is 5.21. The van der Waals surface area contributed by atoms with Gasteiger partial charge < -0.3 is 14.8 Å². The highest BCUT2D eigenvalue weighted by molar-refractivity contribution is 6.53. The highest BCUT2D eigenvalue weighted by atomic mass is 35.5. The van der Waals surface area contributed by atoms with Crippen LogP contribution in [0.3, 0.4) is 0 Å². The van der Waals surface area contributed by atoms with E-state index >= 15 is 0 Å². The molecule has 0 atom stereocenters. The number of nitro groups is 1. The lowest BCUT2D eigenvalue weighted by atomic mass is 10.2. The zero-order valence-electron chi connectivity index (χ0n) is 21.1. The van der Waals surface area contributed by atoms with Crippen molar-refractivity contribution in [3.63, 3.8) is 0 Å². The number of ether oxygens (including phenoxy) is 2. The number of carbonyl (C=O) groups excluding carboxylic acids is 4. The molecule has 0 unspecified atom stereocenters. The molecule has 0 bridgehead atoms. The number of nitrogens with zero attached hydrogens (tertiary/aromatic N) is 2. The van der Waals surface area contributed by atoms with E-state index in [1.165, 1.54) is 72.8 Å². The molecule has 12 heteroatoms. The zero-order valence-corrected chi connectivity index (χ0v) is 21.8. The number of non-ortho nitro benzene ring substituents is 1. The van der Waals surface area contributed by atoms with Gasteiger partial charge in [0.1, 0.15) is 16.5 Å². The van der Waals surface area contributed by atoms with E-state index in [4.69, 9.17) is 21.1 Å². The number of imide groups is 1. The average molecular weight is 564 g/mol. The molecular formula is C28H22ClN3O8. The van der Waals surface area contributed by atoms with Crippen LogP contribution in [0.4, 0.5) is 17.1 Å². The molecule has 1 heterocycles. The summed E-state index contributed by atoms with van der Waals surface area (Å²) in [5.74, 6) is -2.51. The molecule has 0 saturated carbocycles. The molecule has 0 radical (unpaired) electrons. The van der Waals surface area contributed by atoms with Gasteiger partial charge in [0.05, 0.1) is 28.3 Å². The number of nitro benzene ring substituents is 1. The third-order valence-electron chi connectivity index (χ3n) is 5.77. The summed E-state index contributed by atoms with van der Waals surface area (Å²) < 4.78 is 10.4. The highest BCUT2D eigenvalue weighted by Crippen LogP contribution is 2.30. The number of carbonyl (C=O) groups is 4. The number of hydrogen-bond acceptors (Lipinski definition) is 9. The Labute approximate surface area is 233 Å². The number of rotatable bonds is 10. The molecule has 11 nitrogen and oxygen atoms in total. The molecule has 3 aromatic carbocycles. The molecule has 3 aromatic rings. The Balaban J connectivity index is 1.40. The van der Waals surface area contributed by atoms with E-state index in [0.717, 1.165) is 17.7 Å². The summed E-state index contributed by atoms with van der Waals surface area (Å²) >= 11 is 6.19. The van der Waals surface area contributed by atoms with E-state index in [9.17, 15) is 29.3 Å². The summed E-state index contributed by atoms with van der Waals surface area (Å²) in [5, 5.41) is 13.2. The molecule has 204 valence electrons. The average Bonchev–Trinajstić information content (AvgIpc) is 3.16. The third-order valence-corrected chi connectivity index (χ3v) is 6.12. The second-order valence-corrected chi connectivity index (χ2v) is 8.89. The molecule has 2 amide bonds. The molecule has 0 saturated heterocycles.